The molecule has 0 aliphatic carbocycles. The highest BCUT2D eigenvalue weighted by molar-refractivity contribution is 14.1. The summed E-state index contributed by atoms with van der Waals surface area (Å²) in [4.78, 5) is 97.7. The Hall–Kier alpha value is -3.54. The first-order valence-electron chi connectivity index (χ1n) is 12.4. The van der Waals surface area contributed by atoms with Gasteiger partial charge in [0.1, 0.15) is 0 Å². The van der Waals surface area contributed by atoms with Gasteiger partial charge in [-0.15, -0.1) is 0 Å². The number of hydrazine groups is 1. The van der Waals surface area contributed by atoms with E-state index in [1.807, 2.05) is 22.6 Å². The van der Waals surface area contributed by atoms with E-state index < -0.39 is 102 Å². The Kier molecular flexibility index (Phi) is 16.6. The third-order valence-electron chi connectivity index (χ3n) is 5.54. The average Bonchev–Trinajstić information content (AvgIpc) is 2.92. The van der Waals surface area contributed by atoms with Crippen molar-refractivity contribution in [1.29, 1.82) is 0 Å². The van der Waals surface area contributed by atoms with Crippen LogP contribution in [0.5, 0.6) is 0 Å². The number of amides is 1. The van der Waals surface area contributed by atoms with Crippen LogP contribution in [0.1, 0.15) is 19.3 Å². The van der Waals surface area contributed by atoms with Crippen molar-refractivity contribution in [2.45, 2.75) is 42.3 Å². The Bertz CT molecular complexity index is 1290. The van der Waals surface area contributed by atoms with E-state index in [1.165, 1.54) is 29.2 Å². The number of Topliss-reactive ketones (excluding diaryl/α,β-unsaturated/α-hetero) is 4. The van der Waals surface area contributed by atoms with Crippen molar-refractivity contribution in [3.63, 3.8) is 0 Å². The highest BCUT2D eigenvalue weighted by Crippen LogP contribution is 2.12. The molecule has 0 aliphatic heterocycles. The summed E-state index contributed by atoms with van der Waals surface area (Å²) in [5, 5.41) is 29.6. The number of nitrogens with zero attached hydrogens (tertiary/aromatic N) is 1. The van der Waals surface area contributed by atoms with Gasteiger partial charge in [0.2, 0.25) is 29.0 Å². The van der Waals surface area contributed by atoms with Crippen molar-refractivity contribution in [1.82, 2.24) is 15.8 Å². The van der Waals surface area contributed by atoms with Crippen LogP contribution in [0.4, 0.5) is 5.69 Å². The van der Waals surface area contributed by atoms with E-state index in [4.69, 9.17) is 15.9 Å². The summed E-state index contributed by atoms with van der Waals surface area (Å²) in [7, 11) is 0. The number of halogens is 1. The zero-order chi connectivity index (χ0) is 33.6. The number of carbonyl (C=O) groups is 8. The fourth-order valence-electron chi connectivity index (χ4n) is 3.47. The molecule has 0 aliphatic rings. The van der Waals surface area contributed by atoms with Crippen molar-refractivity contribution in [2.75, 3.05) is 29.4 Å². The molecule has 1 aromatic carbocycles. The SMILES string of the molecule is N[C@@H](CC(=O)O)C(=O)C(=O)[C@H](CC(=O)O)NN[C@@H](CC(=O)O)C(=O)C(=O)CN(CCI)CC(=O)Nc1ccc(S(=O)[O-])cc1. The number of benzene rings is 1. The number of alkyl halides is 1. The fourth-order valence-corrected chi connectivity index (χ4v) is 4.51. The molecule has 0 heterocycles. The number of nitrogens with one attached hydrogen (secondary N) is 3. The molecule has 1 rings (SSSR count). The van der Waals surface area contributed by atoms with E-state index in [0.29, 0.717) is 4.43 Å². The molecule has 0 saturated heterocycles. The van der Waals surface area contributed by atoms with Gasteiger partial charge in [-0.1, -0.05) is 22.6 Å². The second kappa shape index (κ2) is 19.0. The molecular formula is C24H29IN5O13S-. The summed E-state index contributed by atoms with van der Waals surface area (Å²) in [5.41, 5.74) is 9.82. The summed E-state index contributed by atoms with van der Waals surface area (Å²) < 4.78 is 22.4. The van der Waals surface area contributed by atoms with Crippen LogP contribution in [-0.2, 0) is 49.4 Å². The Labute approximate surface area is 265 Å². The maximum absolute atomic E-state index is 12.9. The first-order valence-corrected chi connectivity index (χ1v) is 15.0. The molecule has 1 aromatic rings. The molecule has 0 radical (unpaired) electrons. The van der Waals surface area contributed by atoms with Crippen LogP contribution in [-0.4, -0.2) is 118 Å². The Morgan fingerprint density at radius 1 is 0.818 bits per heavy atom. The Morgan fingerprint density at radius 3 is 1.77 bits per heavy atom. The molecule has 1 unspecified atom stereocenters. The zero-order valence-corrected chi connectivity index (χ0v) is 25.7. The zero-order valence-electron chi connectivity index (χ0n) is 22.7. The number of rotatable bonds is 22. The average molecular weight is 754 g/mol. The predicted molar refractivity (Wildman–Crippen MR) is 156 cm³/mol. The minimum atomic E-state index is -2.47. The number of carbonyl (C=O) groups excluding carboxylic acids is 5. The maximum atomic E-state index is 12.9. The lowest BCUT2D eigenvalue weighted by Gasteiger charge is -2.23. The van der Waals surface area contributed by atoms with Crippen LogP contribution in [0.3, 0.4) is 0 Å². The van der Waals surface area contributed by atoms with E-state index in [2.05, 4.69) is 16.2 Å². The third kappa shape index (κ3) is 13.8. The first kappa shape index (κ1) is 38.5. The number of carboxylic acids is 3. The Morgan fingerprint density at radius 2 is 1.32 bits per heavy atom. The van der Waals surface area contributed by atoms with Crippen molar-refractivity contribution in [2.24, 2.45) is 5.73 Å². The van der Waals surface area contributed by atoms with Crippen molar-refractivity contribution < 1.29 is 62.4 Å². The molecule has 0 fully saturated rings. The predicted octanol–water partition coefficient (Wildman–Crippen LogP) is -2.54. The first-order chi connectivity index (χ1) is 20.5. The van der Waals surface area contributed by atoms with E-state index in [-0.39, 0.29) is 23.7 Å². The van der Waals surface area contributed by atoms with Crippen LogP contribution < -0.4 is 21.9 Å². The maximum Gasteiger partial charge on any atom is 0.305 e. The second-order valence-corrected chi connectivity index (χ2v) is 11.0. The molecule has 18 nitrogen and oxygen atoms in total. The van der Waals surface area contributed by atoms with Gasteiger partial charge in [0.05, 0.1) is 50.5 Å². The van der Waals surface area contributed by atoms with Gasteiger partial charge in [-0.2, -0.15) is 0 Å². The molecule has 0 saturated carbocycles. The van der Waals surface area contributed by atoms with Gasteiger partial charge in [0, 0.05) is 21.6 Å². The van der Waals surface area contributed by atoms with Gasteiger partial charge in [-0.25, -0.2) is 10.9 Å². The summed E-state index contributed by atoms with van der Waals surface area (Å²) in [6.45, 7) is -0.883. The van der Waals surface area contributed by atoms with Gasteiger partial charge in [0.25, 0.3) is 0 Å². The molecule has 8 N–H and O–H groups in total. The van der Waals surface area contributed by atoms with Gasteiger partial charge in [-0.3, -0.25) is 47.5 Å². The van der Waals surface area contributed by atoms with E-state index >= 15 is 0 Å². The molecule has 1 amide bonds. The van der Waals surface area contributed by atoms with Gasteiger partial charge in [0.15, 0.2) is 0 Å². The van der Waals surface area contributed by atoms with E-state index in [0.717, 1.165) is 0 Å². The number of anilines is 1. The van der Waals surface area contributed by atoms with Crippen LogP contribution in [0.2, 0.25) is 0 Å². The van der Waals surface area contributed by atoms with Crippen molar-refractivity contribution >= 4 is 86.3 Å². The van der Waals surface area contributed by atoms with Gasteiger partial charge >= 0.3 is 17.9 Å². The van der Waals surface area contributed by atoms with Crippen molar-refractivity contribution in [3.8, 4) is 0 Å². The van der Waals surface area contributed by atoms with E-state index in [1.54, 1.807) is 0 Å². The summed E-state index contributed by atoms with van der Waals surface area (Å²) in [6.07, 6.45) is -3.02. The number of nitrogens with two attached hydrogens (primary N) is 1. The van der Waals surface area contributed by atoms with Gasteiger partial charge in [-0.05, 0) is 35.3 Å². The highest BCUT2D eigenvalue weighted by atomic mass is 127. The van der Waals surface area contributed by atoms with Crippen molar-refractivity contribution in [3.05, 3.63) is 24.3 Å². The van der Waals surface area contributed by atoms with E-state index in [9.17, 15) is 52.2 Å². The number of ketones is 4. The number of hydrogen-bond donors (Lipinski definition) is 7. The molecule has 4 atom stereocenters. The summed E-state index contributed by atoms with van der Waals surface area (Å²) in [6, 6.07) is -0.394. The van der Waals surface area contributed by atoms with Crippen LogP contribution >= 0.6 is 22.6 Å². The smallest absolute Gasteiger partial charge is 0.305 e. The summed E-state index contributed by atoms with van der Waals surface area (Å²) in [5.74, 6) is -10.6. The lowest BCUT2D eigenvalue weighted by atomic mass is 9.99. The standard InChI is InChI=1S/C24H30IN5O13S/c25-5-6-30(11-18(32)27-12-1-3-13(4-2-12)44(42)43)10-17(31)23(40)15(8-20(35)36)28-29-16(9-21(37)38)24(41)22(39)14(26)7-19(33)34/h1-4,14-16,28-29H,5-11,26H2,(H,27,32)(H,33,34)(H,35,36)(H,37,38)(H,42,43)/p-1/t14-,15-,16-/m0/s1. The molecule has 44 heavy (non-hydrogen) atoms. The molecular weight excluding hydrogens is 725 g/mol. The number of hydrogen-bond acceptors (Lipinski definition) is 14. The minimum Gasteiger partial charge on any atom is -0.768 e. The number of carboxylic acid groups (broad SMARTS) is 3. The Balaban J connectivity index is 2.98. The largest absolute Gasteiger partial charge is 0.768 e. The molecule has 242 valence electrons. The monoisotopic (exact) mass is 754 g/mol. The molecule has 0 bridgehead atoms. The summed E-state index contributed by atoms with van der Waals surface area (Å²) >= 11 is -0.515. The number of aliphatic carboxylic acids is 3. The van der Waals surface area contributed by atoms with Gasteiger partial charge < -0.3 is 30.9 Å². The molecule has 0 aromatic heterocycles. The molecule has 0 spiro atoms. The lowest BCUT2D eigenvalue weighted by Crippen LogP contribution is -2.57. The topological polar surface area (TPSA) is 303 Å². The van der Waals surface area contributed by atoms with Crippen LogP contribution in [0.15, 0.2) is 29.2 Å². The van der Waals surface area contributed by atoms with Crippen LogP contribution in [0, 0.1) is 0 Å². The third-order valence-corrected chi connectivity index (χ3v) is 6.68. The minimum absolute atomic E-state index is 0.00957. The normalized spacial score (nSPS) is 13.7. The highest BCUT2D eigenvalue weighted by Gasteiger charge is 2.34. The molecule has 20 heteroatoms. The lowest BCUT2D eigenvalue weighted by molar-refractivity contribution is -0.145. The quantitative estimate of drug-likeness (QED) is 0.0211. The van der Waals surface area contributed by atoms with Crippen LogP contribution in [0.25, 0.3) is 0 Å². The second-order valence-electron chi connectivity index (χ2n) is 9.02. The fraction of sp³-hybridized carbons (Fsp3) is 0.417.